The molecule has 2 aromatic rings. The number of aryl methyl sites for hydroxylation is 2. The SMILES string of the molecule is Cc1cnc(CNC(=O)Nc2cc3c(cc2C)OCCO3)cn1. The molecule has 7 nitrogen and oxygen atoms in total. The van der Waals surface area contributed by atoms with Gasteiger partial charge in [-0.1, -0.05) is 0 Å². The Morgan fingerprint density at radius 2 is 1.87 bits per heavy atom. The van der Waals surface area contributed by atoms with E-state index in [1.54, 1.807) is 18.5 Å². The number of ether oxygens (including phenoxy) is 2. The molecule has 7 heteroatoms. The van der Waals surface area contributed by atoms with E-state index in [2.05, 4.69) is 20.6 Å². The Hall–Kier alpha value is -2.83. The Balaban J connectivity index is 1.62. The lowest BCUT2D eigenvalue weighted by Crippen LogP contribution is -2.29. The van der Waals surface area contributed by atoms with E-state index < -0.39 is 0 Å². The largest absolute Gasteiger partial charge is 0.486 e. The lowest BCUT2D eigenvalue weighted by Gasteiger charge is -2.20. The van der Waals surface area contributed by atoms with Gasteiger partial charge in [0.15, 0.2) is 11.5 Å². The lowest BCUT2D eigenvalue weighted by molar-refractivity contribution is 0.171. The van der Waals surface area contributed by atoms with Crippen molar-refractivity contribution in [2.75, 3.05) is 18.5 Å². The Kier molecular flexibility index (Phi) is 4.27. The second-order valence-electron chi connectivity index (χ2n) is 5.27. The number of fused-ring (bicyclic) bond motifs is 1. The predicted octanol–water partition coefficient (Wildman–Crippen LogP) is 2.19. The van der Waals surface area contributed by atoms with E-state index in [4.69, 9.17) is 9.47 Å². The fourth-order valence-electron chi connectivity index (χ4n) is 2.17. The maximum Gasteiger partial charge on any atom is 0.319 e. The van der Waals surface area contributed by atoms with Crippen LogP contribution in [0.3, 0.4) is 0 Å². The third kappa shape index (κ3) is 3.68. The number of anilines is 1. The van der Waals surface area contributed by atoms with E-state index >= 15 is 0 Å². The summed E-state index contributed by atoms with van der Waals surface area (Å²) in [5.74, 6) is 1.34. The monoisotopic (exact) mass is 314 g/mol. The minimum atomic E-state index is -0.313. The Morgan fingerprint density at radius 1 is 1.13 bits per heavy atom. The summed E-state index contributed by atoms with van der Waals surface area (Å²) in [6.45, 7) is 5.12. The molecule has 1 aromatic heterocycles. The second kappa shape index (κ2) is 6.51. The summed E-state index contributed by atoms with van der Waals surface area (Å²) < 4.78 is 11.0. The summed E-state index contributed by atoms with van der Waals surface area (Å²) in [6.07, 6.45) is 3.31. The van der Waals surface area contributed by atoms with Gasteiger partial charge >= 0.3 is 6.03 Å². The van der Waals surface area contributed by atoms with Gasteiger partial charge in [-0.15, -0.1) is 0 Å². The third-order valence-electron chi connectivity index (χ3n) is 3.40. The van der Waals surface area contributed by atoms with E-state index in [1.165, 1.54) is 0 Å². The quantitative estimate of drug-likeness (QED) is 0.907. The first kappa shape index (κ1) is 15.1. The molecule has 2 amide bonds. The zero-order valence-electron chi connectivity index (χ0n) is 13.0. The van der Waals surface area contributed by atoms with Gasteiger partial charge < -0.3 is 20.1 Å². The van der Waals surface area contributed by atoms with Crippen molar-refractivity contribution in [1.82, 2.24) is 15.3 Å². The van der Waals surface area contributed by atoms with Gasteiger partial charge in [0.2, 0.25) is 0 Å². The number of nitrogens with one attached hydrogen (secondary N) is 2. The number of hydrogen-bond donors (Lipinski definition) is 2. The molecule has 1 aromatic carbocycles. The van der Waals surface area contributed by atoms with Crippen molar-refractivity contribution in [3.05, 3.63) is 41.5 Å². The van der Waals surface area contributed by atoms with Gasteiger partial charge in [-0.3, -0.25) is 9.97 Å². The summed E-state index contributed by atoms with van der Waals surface area (Å²) in [5, 5.41) is 5.56. The Bertz CT molecular complexity index is 716. The minimum Gasteiger partial charge on any atom is -0.486 e. The van der Waals surface area contributed by atoms with Crippen molar-refractivity contribution in [2.24, 2.45) is 0 Å². The summed E-state index contributed by atoms with van der Waals surface area (Å²) >= 11 is 0. The highest BCUT2D eigenvalue weighted by Crippen LogP contribution is 2.35. The lowest BCUT2D eigenvalue weighted by atomic mass is 10.1. The maximum absolute atomic E-state index is 12.0. The van der Waals surface area contributed by atoms with Crippen LogP contribution >= 0.6 is 0 Å². The average Bonchev–Trinajstić information content (AvgIpc) is 2.55. The number of benzene rings is 1. The van der Waals surface area contributed by atoms with Crippen LogP contribution in [0.2, 0.25) is 0 Å². The van der Waals surface area contributed by atoms with Crippen LogP contribution in [-0.2, 0) is 6.54 Å². The standard InChI is InChI=1S/C16H18N4O3/c1-10-5-14-15(23-4-3-22-14)6-13(10)20-16(21)19-9-12-8-17-11(2)7-18-12/h5-8H,3-4,9H2,1-2H3,(H2,19,20,21). The zero-order valence-corrected chi connectivity index (χ0v) is 13.0. The summed E-state index contributed by atoms with van der Waals surface area (Å²) in [4.78, 5) is 20.4. The molecular weight excluding hydrogens is 296 g/mol. The van der Waals surface area contributed by atoms with Crippen molar-refractivity contribution in [3.63, 3.8) is 0 Å². The van der Waals surface area contributed by atoms with Crippen LogP contribution in [0.25, 0.3) is 0 Å². The molecule has 0 fully saturated rings. The van der Waals surface area contributed by atoms with Crippen LogP contribution in [-0.4, -0.2) is 29.2 Å². The zero-order chi connectivity index (χ0) is 16.2. The number of rotatable bonds is 3. The van der Waals surface area contributed by atoms with E-state index in [9.17, 15) is 4.79 Å². The van der Waals surface area contributed by atoms with Gasteiger partial charge in [0.05, 0.1) is 24.1 Å². The topological polar surface area (TPSA) is 85.4 Å². The van der Waals surface area contributed by atoms with Gasteiger partial charge in [0, 0.05) is 18.0 Å². The van der Waals surface area contributed by atoms with Crippen molar-refractivity contribution in [2.45, 2.75) is 20.4 Å². The molecule has 1 aliphatic heterocycles. The first-order chi connectivity index (χ1) is 11.1. The molecular formula is C16H18N4O3. The molecule has 0 bridgehead atoms. The van der Waals surface area contributed by atoms with E-state index in [-0.39, 0.29) is 6.03 Å². The molecule has 120 valence electrons. The summed E-state index contributed by atoms with van der Waals surface area (Å²) in [6, 6.07) is 3.32. The fourth-order valence-corrected chi connectivity index (χ4v) is 2.17. The van der Waals surface area contributed by atoms with Crippen molar-refractivity contribution < 1.29 is 14.3 Å². The van der Waals surface area contributed by atoms with Crippen LogP contribution in [0.15, 0.2) is 24.5 Å². The normalized spacial score (nSPS) is 12.6. The van der Waals surface area contributed by atoms with Crippen molar-refractivity contribution >= 4 is 11.7 Å². The number of hydrogen-bond acceptors (Lipinski definition) is 5. The molecule has 0 spiro atoms. The number of urea groups is 1. The Labute approximate surface area is 134 Å². The van der Waals surface area contributed by atoms with Crippen molar-refractivity contribution in [3.8, 4) is 11.5 Å². The summed E-state index contributed by atoms with van der Waals surface area (Å²) in [7, 11) is 0. The number of carbonyl (C=O) groups excluding carboxylic acids is 1. The minimum absolute atomic E-state index is 0.308. The molecule has 3 rings (SSSR count). The molecule has 0 radical (unpaired) electrons. The first-order valence-corrected chi connectivity index (χ1v) is 7.34. The maximum atomic E-state index is 12.0. The van der Waals surface area contributed by atoms with Crippen LogP contribution < -0.4 is 20.1 Å². The number of aromatic nitrogens is 2. The molecule has 0 atom stereocenters. The number of carbonyl (C=O) groups is 1. The van der Waals surface area contributed by atoms with E-state index in [0.29, 0.717) is 42.6 Å². The Morgan fingerprint density at radius 3 is 2.57 bits per heavy atom. The second-order valence-corrected chi connectivity index (χ2v) is 5.27. The average molecular weight is 314 g/mol. The molecule has 0 saturated carbocycles. The molecule has 0 saturated heterocycles. The van der Waals surface area contributed by atoms with Crippen LogP contribution in [0.5, 0.6) is 11.5 Å². The molecule has 2 heterocycles. The highest BCUT2D eigenvalue weighted by atomic mass is 16.6. The summed E-state index contributed by atoms with van der Waals surface area (Å²) in [5.41, 5.74) is 3.12. The smallest absolute Gasteiger partial charge is 0.319 e. The molecule has 0 unspecified atom stereocenters. The van der Waals surface area contributed by atoms with Gasteiger partial charge in [0.1, 0.15) is 13.2 Å². The van der Waals surface area contributed by atoms with Gasteiger partial charge in [0.25, 0.3) is 0 Å². The first-order valence-electron chi connectivity index (χ1n) is 7.34. The number of amides is 2. The molecule has 23 heavy (non-hydrogen) atoms. The third-order valence-corrected chi connectivity index (χ3v) is 3.40. The van der Waals surface area contributed by atoms with Crippen LogP contribution in [0.1, 0.15) is 17.0 Å². The predicted molar refractivity (Wildman–Crippen MR) is 84.8 cm³/mol. The van der Waals surface area contributed by atoms with E-state index in [0.717, 1.165) is 11.3 Å². The fraction of sp³-hybridized carbons (Fsp3) is 0.312. The van der Waals surface area contributed by atoms with Gasteiger partial charge in [-0.25, -0.2) is 4.79 Å². The molecule has 1 aliphatic rings. The van der Waals surface area contributed by atoms with Gasteiger partial charge in [-0.2, -0.15) is 0 Å². The van der Waals surface area contributed by atoms with Gasteiger partial charge in [-0.05, 0) is 25.5 Å². The number of nitrogens with zero attached hydrogens (tertiary/aromatic N) is 2. The molecule has 2 N–H and O–H groups in total. The van der Waals surface area contributed by atoms with E-state index in [1.807, 2.05) is 19.9 Å². The van der Waals surface area contributed by atoms with Crippen molar-refractivity contribution in [1.29, 1.82) is 0 Å². The highest BCUT2D eigenvalue weighted by Gasteiger charge is 2.15. The highest BCUT2D eigenvalue weighted by molar-refractivity contribution is 5.90. The van der Waals surface area contributed by atoms with Crippen LogP contribution in [0.4, 0.5) is 10.5 Å². The molecule has 0 aliphatic carbocycles. The van der Waals surface area contributed by atoms with Crippen LogP contribution in [0, 0.1) is 13.8 Å².